The number of carbonyl (C=O) groups is 1. The second-order valence-corrected chi connectivity index (χ2v) is 13.0. The lowest BCUT2D eigenvalue weighted by atomic mass is 9.66. The van der Waals surface area contributed by atoms with Crippen LogP contribution < -0.4 is 16.8 Å². The molecule has 1 amide bonds. The number of aliphatic imine (C=N–C) groups is 1. The van der Waals surface area contributed by atoms with Crippen LogP contribution in [0, 0.1) is 11.3 Å². The fourth-order valence-corrected chi connectivity index (χ4v) is 7.75. The Morgan fingerprint density at radius 1 is 1.18 bits per heavy atom. The Morgan fingerprint density at radius 2 is 1.93 bits per heavy atom. The van der Waals surface area contributed by atoms with Crippen molar-refractivity contribution < 1.29 is 13.9 Å². The van der Waals surface area contributed by atoms with Gasteiger partial charge in [-0.3, -0.25) is 14.7 Å². The molecule has 8 nitrogen and oxygen atoms in total. The highest BCUT2D eigenvalue weighted by Crippen LogP contribution is 2.45. The number of carbonyl (C=O) groups excluding carboxylic acids is 1. The molecule has 1 saturated carbocycles. The van der Waals surface area contributed by atoms with E-state index in [2.05, 4.69) is 27.0 Å². The van der Waals surface area contributed by atoms with Crippen molar-refractivity contribution in [2.24, 2.45) is 27.8 Å². The summed E-state index contributed by atoms with van der Waals surface area (Å²) in [5.74, 6) is -1.16. The van der Waals surface area contributed by atoms with E-state index in [9.17, 15) is 9.18 Å². The van der Waals surface area contributed by atoms with Crippen LogP contribution in [-0.2, 0) is 9.53 Å². The minimum absolute atomic E-state index is 0.0129. The van der Waals surface area contributed by atoms with Crippen molar-refractivity contribution in [1.82, 2.24) is 15.1 Å². The summed E-state index contributed by atoms with van der Waals surface area (Å²) in [6, 6.07) is -0.177. The third-order valence-corrected chi connectivity index (χ3v) is 10.2. The number of likely N-dealkylation sites (tertiary alicyclic amines) is 2. The zero-order valence-electron chi connectivity index (χ0n) is 25.0. The van der Waals surface area contributed by atoms with E-state index < -0.39 is 18.1 Å². The minimum Gasteiger partial charge on any atom is -0.381 e. The van der Waals surface area contributed by atoms with Crippen LogP contribution in [-0.4, -0.2) is 92.2 Å². The molecule has 1 aliphatic carbocycles. The molecular weight excluding hydrogens is 507 g/mol. The number of rotatable bonds is 10. The Labute approximate surface area is 241 Å². The van der Waals surface area contributed by atoms with Crippen molar-refractivity contribution >= 4 is 12.1 Å². The third kappa shape index (κ3) is 8.34. The van der Waals surface area contributed by atoms with Crippen LogP contribution in [0.25, 0.3) is 0 Å². The van der Waals surface area contributed by atoms with E-state index in [-0.39, 0.29) is 29.2 Å². The third-order valence-electron chi connectivity index (χ3n) is 10.2. The van der Waals surface area contributed by atoms with Crippen molar-refractivity contribution in [2.75, 3.05) is 39.8 Å². The maximum absolute atomic E-state index is 14.6. The molecule has 0 aromatic carbocycles. The molecular formula is C31H55FN6O2. The van der Waals surface area contributed by atoms with Gasteiger partial charge in [-0.15, -0.1) is 0 Å². The molecule has 4 aliphatic rings. The summed E-state index contributed by atoms with van der Waals surface area (Å²) in [6.07, 6.45) is 16.0. The molecule has 0 bridgehead atoms. The molecule has 4 unspecified atom stereocenters. The topological polar surface area (TPSA) is 109 Å². The van der Waals surface area contributed by atoms with E-state index in [0.29, 0.717) is 12.5 Å². The summed E-state index contributed by atoms with van der Waals surface area (Å²) in [7, 11) is 1.80. The Bertz CT molecular complexity index is 853. The fraction of sp³-hybridized carbons (Fsp3) is 0.871. The van der Waals surface area contributed by atoms with Crippen LogP contribution in [0.1, 0.15) is 90.4 Å². The number of nitrogens with one attached hydrogen (secondary N) is 1. The van der Waals surface area contributed by atoms with Gasteiger partial charge in [0, 0.05) is 32.8 Å². The van der Waals surface area contributed by atoms with Gasteiger partial charge in [0.15, 0.2) is 0 Å². The smallest absolute Gasteiger partial charge is 0.228 e. The first-order valence-electron chi connectivity index (χ1n) is 16.0. The van der Waals surface area contributed by atoms with E-state index in [4.69, 9.17) is 16.2 Å². The van der Waals surface area contributed by atoms with Crippen molar-refractivity contribution in [3.8, 4) is 0 Å². The van der Waals surface area contributed by atoms with Gasteiger partial charge in [0.25, 0.3) is 0 Å². The Kier molecular flexibility index (Phi) is 12.0. The number of unbranched alkanes of at least 4 members (excludes halogenated alkanes) is 2. The molecule has 3 aliphatic heterocycles. The first-order valence-corrected chi connectivity index (χ1v) is 16.0. The minimum atomic E-state index is -0.866. The average molecular weight is 563 g/mol. The highest BCUT2D eigenvalue weighted by atomic mass is 19.1. The van der Waals surface area contributed by atoms with Gasteiger partial charge in [0.05, 0.1) is 36.5 Å². The summed E-state index contributed by atoms with van der Waals surface area (Å²) in [6.45, 7) is 7.11. The number of nitrogens with two attached hydrogens (primary N) is 2. The second-order valence-electron chi connectivity index (χ2n) is 13.0. The second kappa shape index (κ2) is 15.2. The fourth-order valence-electron chi connectivity index (χ4n) is 7.75. The van der Waals surface area contributed by atoms with Crippen molar-refractivity contribution in [3.05, 3.63) is 11.9 Å². The lowest BCUT2D eigenvalue weighted by Crippen LogP contribution is -2.64. The number of methoxy groups -OCH3 is 1. The van der Waals surface area contributed by atoms with Gasteiger partial charge in [-0.05, 0) is 75.9 Å². The quantitative estimate of drug-likeness (QED) is 0.277. The van der Waals surface area contributed by atoms with Crippen molar-refractivity contribution in [3.63, 3.8) is 0 Å². The van der Waals surface area contributed by atoms with Crippen LogP contribution in [0.15, 0.2) is 16.9 Å². The number of hydrogen-bond donors (Lipinski definition) is 3. The average Bonchev–Trinajstić information content (AvgIpc) is 2.95. The van der Waals surface area contributed by atoms with Crippen LogP contribution in [0.3, 0.4) is 0 Å². The molecule has 1 spiro atoms. The van der Waals surface area contributed by atoms with E-state index in [1.807, 2.05) is 0 Å². The summed E-state index contributed by atoms with van der Waals surface area (Å²) in [5, 5.41) is 3.43. The molecule has 3 fully saturated rings. The van der Waals surface area contributed by atoms with E-state index in [1.54, 1.807) is 13.2 Å². The molecule has 0 aromatic heterocycles. The number of allylic oxidation sites excluding steroid dienone is 2. The number of nitrogens with zero attached hydrogens (tertiary/aromatic N) is 3. The van der Waals surface area contributed by atoms with Gasteiger partial charge in [-0.2, -0.15) is 0 Å². The SMILES string of the molecule is CCCCCN1CCC(N2CCC(OC)CC2)C(NC(=O)C(C(N)N)C2CC3(C/C=C(/F)C=N2)CCCCC3)C1. The standard InChI is InChI=1S/C31H55FN6O2/c1-3-4-8-16-37-17-12-27(38-18-10-24(40-2)11-19-38)26(22-37)36-30(39)28(29(33)34)25-20-31(13-6-5-7-14-31)15-9-23(32)21-35-25/h9,21,24-29H,3-8,10-20,22,33-34H2,1-2H3,(H,36,39)/b23-9+,35-21?. The lowest BCUT2D eigenvalue weighted by Gasteiger charge is -2.47. The molecule has 0 radical (unpaired) electrons. The monoisotopic (exact) mass is 562 g/mol. The Hall–Kier alpha value is -1.39. The highest BCUT2D eigenvalue weighted by Gasteiger charge is 2.43. The zero-order chi connectivity index (χ0) is 28.5. The molecule has 3 heterocycles. The molecule has 228 valence electrons. The Balaban J connectivity index is 1.51. The van der Waals surface area contributed by atoms with Crippen molar-refractivity contribution in [1.29, 1.82) is 0 Å². The van der Waals surface area contributed by atoms with E-state index in [0.717, 1.165) is 84.1 Å². The molecule has 9 heteroatoms. The predicted molar refractivity (Wildman–Crippen MR) is 160 cm³/mol. The van der Waals surface area contributed by atoms with Gasteiger partial charge in [0.2, 0.25) is 5.91 Å². The Morgan fingerprint density at radius 3 is 2.60 bits per heavy atom. The maximum Gasteiger partial charge on any atom is 0.228 e. The largest absolute Gasteiger partial charge is 0.381 e. The number of hydrogen-bond acceptors (Lipinski definition) is 7. The first kappa shape index (κ1) is 31.5. The summed E-state index contributed by atoms with van der Waals surface area (Å²) in [5.41, 5.74) is 12.6. The molecule has 4 rings (SSSR count). The molecule has 5 N–H and O–H groups in total. The number of amides is 1. The van der Waals surface area contributed by atoms with Gasteiger partial charge < -0.3 is 26.4 Å². The lowest BCUT2D eigenvalue weighted by molar-refractivity contribution is -0.128. The van der Waals surface area contributed by atoms with Gasteiger partial charge in [-0.25, -0.2) is 4.39 Å². The van der Waals surface area contributed by atoms with Crippen LogP contribution in [0.2, 0.25) is 0 Å². The molecule has 4 atom stereocenters. The van der Waals surface area contributed by atoms with E-state index >= 15 is 0 Å². The van der Waals surface area contributed by atoms with Crippen LogP contribution in [0.4, 0.5) is 4.39 Å². The number of piperidine rings is 2. The normalized spacial score (nSPS) is 30.9. The predicted octanol–water partition coefficient (Wildman–Crippen LogP) is 3.74. The first-order chi connectivity index (χ1) is 19.3. The molecule has 2 saturated heterocycles. The molecule has 0 aromatic rings. The highest BCUT2D eigenvalue weighted by molar-refractivity contribution is 5.82. The number of ether oxygens (including phenoxy) is 1. The maximum atomic E-state index is 14.6. The van der Waals surface area contributed by atoms with E-state index in [1.165, 1.54) is 31.9 Å². The van der Waals surface area contributed by atoms with Gasteiger partial charge >= 0.3 is 0 Å². The van der Waals surface area contributed by atoms with Crippen LogP contribution >= 0.6 is 0 Å². The summed E-state index contributed by atoms with van der Waals surface area (Å²) < 4.78 is 20.2. The molecule has 40 heavy (non-hydrogen) atoms. The van der Waals surface area contributed by atoms with Crippen molar-refractivity contribution in [2.45, 2.75) is 121 Å². The summed E-state index contributed by atoms with van der Waals surface area (Å²) >= 11 is 0. The zero-order valence-corrected chi connectivity index (χ0v) is 25.0. The van der Waals surface area contributed by atoms with Gasteiger partial charge in [-0.1, -0.05) is 39.0 Å². The van der Waals surface area contributed by atoms with Crippen LogP contribution in [0.5, 0.6) is 0 Å². The van der Waals surface area contributed by atoms with Gasteiger partial charge in [0.1, 0.15) is 5.83 Å². The number of halogens is 1. The summed E-state index contributed by atoms with van der Waals surface area (Å²) in [4.78, 5) is 23.8.